The maximum absolute atomic E-state index is 6.23. The molecule has 0 radical (unpaired) electrons. The number of nitrogen functional groups attached to an aromatic ring is 2. The summed E-state index contributed by atoms with van der Waals surface area (Å²) in [5, 5.41) is 0. The molecule has 1 aromatic rings. The van der Waals surface area contributed by atoms with Crippen molar-refractivity contribution in [2.45, 2.75) is 78.6 Å². The summed E-state index contributed by atoms with van der Waals surface area (Å²) in [5.74, 6) is 8.93. The van der Waals surface area contributed by atoms with Crippen molar-refractivity contribution < 1.29 is 0 Å². The molecule has 0 spiro atoms. The van der Waals surface area contributed by atoms with Gasteiger partial charge in [0.25, 0.3) is 0 Å². The van der Waals surface area contributed by atoms with Gasteiger partial charge >= 0.3 is 0 Å². The lowest BCUT2D eigenvalue weighted by Crippen LogP contribution is -2.25. The summed E-state index contributed by atoms with van der Waals surface area (Å²) in [6.45, 7) is 13.4. The van der Waals surface area contributed by atoms with Gasteiger partial charge in [-0.25, -0.2) is 9.66 Å². The van der Waals surface area contributed by atoms with E-state index in [-0.39, 0.29) is 5.41 Å². The predicted octanol–water partition coefficient (Wildman–Crippen LogP) is 3.80. The Balaban J connectivity index is 2.18. The Bertz CT molecular complexity index is 494. The standard InChI is InChI=1S/C17H32N4/c1-16(2,3)12-9-7-11(8-10-12)13-14(18)21(19)15(20-13)17(4,5)6/h11-12H,7-10,18-19H2,1-6H3. The number of hydrogen-bond donors (Lipinski definition) is 2. The topological polar surface area (TPSA) is 69.9 Å². The monoisotopic (exact) mass is 292 g/mol. The van der Waals surface area contributed by atoms with Crippen LogP contribution in [-0.4, -0.2) is 9.66 Å². The number of rotatable bonds is 1. The number of nitrogens with zero attached hydrogens (tertiary/aromatic N) is 2. The van der Waals surface area contributed by atoms with E-state index < -0.39 is 0 Å². The molecule has 0 bridgehead atoms. The quantitative estimate of drug-likeness (QED) is 0.774. The Kier molecular flexibility index (Phi) is 4.02. The summed E-state index contributed by atoms with van der Waals surface area (Å²) in [5.41, 5.74) is 7.57. The second-order valence-corrected chi connectivity index (χ2v) is 8.74. The zero-order chi connectivity index (χ0) is 16.0. The number of hydrogen-bond acceptors (Lipinski definition) is 3. The van der Waals surface area contributed by atoms with Crippen LogP contribution in [-0.2, 0) is 5.41 Å². The lowest BCUT2D eigenvalue weighted by atomic mass is 9.69. The van der Waals surface area contributed by atoms with Gasteiger partial charge in [-0.2, -0.15) is 0 Å². The maximum Gasteiger partial charge on any atom is 0.146 e. The molecule has 120 valence electrons. The van der Waals surface area contributed by atoms with Crippen molar-refractivity contribution in [2.24, 2.45) is 11.3 Å². The molecule has 4 nitrogen and oxygen atoms in total. The fraction of sp³-hybridized carbons (Fsp3) is 0.824. The summed E-state index contributed by atoms with van der Waals surface area (Å²) in [6, 6.07) is 0. The molecule has 1 saturated carbocycles. The van der Waals surface area contributed by atoms with Crippen molar-refractivity contribution in [2.75, 3.05) is 11.6 Å². The van der Waals surface area contributed by atoms with E-state index in [1.807, 2.05) is 0 Å². The van der Waals surface area contributed by atoms with E-state index in [0.29, 0.717) is 17.2 Å². The average molecular weight is 292 g/mol. The molecule has 1 aliphatic rings. The Morgan fingerprint density at radius 1 is 1.00 bits per heavy atom. The largest absolute Gasteiger partial charge is 0.382 e. The van der Waals surface area contributed by atoms with Crippen LogP contribution in [0.3, 0.4) is 0 Å². The van der Waals surface area contributed by atoms with Gasteiger partial charge < -0.3 is 11.6 Å². The van der Waals surface area contributed by atoms with E-state index in [2.05, 4.69) is 41.5 Å². The molecule has 2 rings (SSSR count). The van der Waals surface area contributed by atoms with Crippen molar-refractivity contribution in [1.29, 1.82) is 0 Å². The van der Waals surface area contributed by atoms with Crippen molar-refractivity contribution in [3.63, 3.8) is 0 Å². The number of anilines is 1. The van der Waals surface area contributed by atoms with Crippen molar-refractivity contribution in [3.8, 4) is 0 Å². The minimum absolute atomic E-state index is 0.0796. The van der Waals surface area contributed by atoms with Gasteiger partial charge in [-0.3, -0.25) is 0 Å². The van der Waals surface area contributed by atoms with Crippen LogP contribution in [0.2, 0.25) is 0 Å². The van der Waals surface area contributed by atoms with Gasteiger partial charge in [0, 0.05) is 11.3 Å². The molecular formula is C17H32N4. The van der Waals surface area contributed by atoms with Crippen LogP contribution < -0.4 is 11.6 Å². The van der Waals surface area contributed by atoms with Gasteiger partial charge in [0.05, 0.1) is 5.69 Å². The molecule has 1 aliphatic carbocycles. The van der Waals surface area contributed by atoms with Crippen molar-refractivity contribution in [3.05, 3.63) is 11.5 Å². The molecule has 1 aromatic heterocycles. The molecule has 0 aliphatic heterocycles. The zero-order valence-electron chi connectivity index (χ0n) is 14.5. The average Bonchev–Trinajstić information content (AvgIpc) is 2.65. The number of nitrogens with two attached hydrogens (primary N) is 2. The van der Waals surface area contributed by atoms with Gasteiger partial charge in [-0.05, 0) is 37.0 Å². The van der Waals surface area contributed by atoms with E-state index in [1.54, 1.807) is 4.68 Å². The highest BCUT2D eigenvalue weighted by molar-refractivity contribution is 5.42. The fourth-order valence-electron chi connectivity index (χ4n) is 3.53. The first-order valence-electron chi connectivity index (χ1n) is 8.15. The van der Waals surface area contributed by atoms with Crippen LogP contribution in [0.1, 0.15) is 84.7 Å². The minimum Gasteiger partial charge on any atom is -0.382 e. The van der Waals surface area contributed by atoms with Crippen LogP contribution in [0.5, 0.6) is 0 Å². The second kappa shape index (κ2) is 5.22. The molecule has 4 heteroatoms. The molecule has 0 amide bonds. The molecule has 1 heterocycles. The first-order valence-corrected chi connectivity index (χ1v) is 8.15. The third-order valence-electron chi connectivity index (χ3n) is 4.99. The SMILES string of the molecule is CC(C)(C)c1nc(C2CCC(C(C)(C)C)CC2)c(N)n1N. The van der Waals surface area contributed by atoms with E-state index in [9.17, 15) is 0 Å². The summed E-state index contributed by atoms with van der Waals surface area (Å²) >= 11 is 0. The van der Waals surface area contributed by atoms with Gasteiger partial charge in [-0.15, -0.1) is 0 Å². The lowest BCUT2D eigenvalue weighted by Gasteiger charge is -2.36. The van der Waals surface area contributed by atoms with E-state index >= 15 is 0 Å². The minimum atomic E-state index is -0.0796. The second-order valence-electron chi connectivity index (χ2n) is 8.74. The summed E-state index contributed by atoms with van der Waals surface area (Å²) < 4.78 is 1.59. The van der Waals surface area contributed by atoms with Crippen LogP contribution in [0, 0.1) is 11.3 Å². The lowest BCUT2D eigenvalue weighted by molar-refractivity contribution is 0.168. The van der Waals surface area contributed by atoms with Crippen LogP contribution in [0.4, 0.5) is 5.82 Å². The van der Waals surface area contributed by atoms with Crippen LogP contribution >= 0.6 is 0 Å². The Morgan fingerprint density at radius 2 is 1.52 bits per heavy atom. The summed E-state index contributed by atoms with van der Waals surface area (Å²) in [4.78, 5) is 4.80. The summed E-state index contributed by atoms with van der Waals surface area (Å²) in [6.07, 6.45) is 4.87. The molecule has 0 unspecified atom stereocenters. The first-order chi connectivity index (χ1) is 9.51. The van der Waals surface area contributed by atoms with Crippen LogP contribution in [0.25, 0.3) is 0 Å². The molecule has 4 N–H and O–H groups in total. The summed E-state index contributed by atoms with van der Waals surface area (Å²) in [7, 11) is 0. The highest BCUT2D eigenvalue weighted by atomic mass is 15.4. The molecule has 1 fully saturated rings. The van der Waals surface area contributed by atoms with Crippen LogP contribution in [0.15, 0.2) is 0 Å². The van der Waals surface area contributed by atoms with E-state index in [4.69, 9.17) is 16.6 Å². The Morgan fingerprint density at radius 3 is 1.90 bits per heavy atom. The third-order valence-corrected chi connectivity index (χ3v) is 4.99. The number of imidazole rings is 1. The van der Waals surface area contributed by atoms with E-state index in [0.717, 1.165) is 17.4 Å². The van der Waals surface area contributed by atoms with Crippen molar-refractivity contribution in [1.82, 2.24) is 9.66 Å². The molecule has 21 heavy (non-hydrogen) atoms. The third kappa shape index (κ3) is 3.19. The number of aromatic nitrogens is 2. The zero-order valence-corrected chi connectivity index (χ0v) is 14.5. The smallest absolute Gasteiger partial charge is 0.146 e. The molecular weight excluding hydrogens is 260 g/mol. The Hall–Kier alpha value is -1.19. The fourth-order valence-corrected chi connectivity index (χ4v) is 3.53. The maximum atomic E-state index is 6.23. The molecule has 0 aromatic carbocycles. The van der Waals surface area contributed by atoms with Crippen molar-refractivity contribution >= 4 is 5.82 Å². The van der Waals surface area contributed by atoms with Gasteiger partial charge in [0.1, 0.15) is 11.6 Å². The highest BCUT2D eigenvalue weighted by Crippen LogP contribution is 2.44. The molecule has 0 saturated heterocycles. The highest BCUT2D eigenvalue weighted by Gasteiger charge is 2.33. The normalized spacial score (nSPS) is 24.3. The first kappa shape index (κ1) is 16.2. The molecule has 0 atom stereocenters. The van der Waals surface area contributed by atoms with Gasteiger partial charge in [0.15, 0.2) is 0 Å². The predicted molar refractivity (Wildman–Crippen MR) is 89.6 cm³/mol. The van der Waals surface area contributed by atoms with E-state index in [1.165, 1.54) is 25.7 Å². The Labute approximate surface area is 129 Å². The van der Waals surface area contributed by atoms with Gasteiger partial charge in [-0.1, -0.05) is 41.5 Å². The van der Waals surface area contributed by atoms with Gasteiger partial charge in [0.2, 0.25) is 0 Å².